The van der Waals surface area contributed by atoms with Gasteiger partial charge in [-0.2, -0.15) is 0 Å². The molecule has 1 aliphatic rings. The van der Waals surface area contributed by atoms with Crippen molar-refractivity contribution in [3.63, 3.8) is 0 Å². The highest BCUT2D eigenvalue weighted by Gasteiger charge is 2.30. The van der Waals surface area contributed by atoms with Crippen LogP contribution in [-0.4, -0.2) is 5.24 Å². The Hall–Kier alpha value is -0.560. The van der Waals surface area contributed by atoms with Crippen LogP contribution in [0.1, 0.15) is 13.8 Å². The molecule has 0 bridgehead atoms. The first-order chi connectivity index (χ1) is 5.04. The van der Waals surface area contributed by atoms with Crippen molar-refractivity contribution < 1.29 is 4.79 Å². The third kappa shape index (κ3) is 1.72. The Labute approximate surface area is 71.7 Å². The van der Waals surface area contributed by atoms with Crippen molar-refractivity contribution in [3.8, 4) is 0 Å². The molecule has 0 radical (unpaired) electrons. The molecule has 11 heavy (non-hydrogen) atoms. The van der Waals surface area contributed by atoms with Crippen molar-refractivity contribution in [2.24, 2.45) is 11.3 Å². The highest BCUT2D eigenvalue weighted by Crippen LogP contribution is 2.33. The summed E-state index contributed by atoms with van der Waals surface area (Å²) in [5.41, 5.74) is -0.131. The van der Waals surface area contributed by atoms with Gasteiger partial charge in [0, 0.05) is 0 Å². The van der Waals surface area contributed by atoms with Gasteiger partial charge in [-0.25, -0.2) is 0 Å². The summed E-state index contributed by atoms with van der Waals surface area (Å²) < 4.78 is 0. The summed E-state index contributed by atoms with van der Waals surface area (Å²) in [4.78, 5) is 10.9. The Kier molecular flexibility index (Phi) is 2.19. The topological polar surface area (TPSA) is 17.1 Å². The van der Waals surface area contributed by atoms with E-state index in [4.69, 9.17) is 11.6 Å². The lowest BCUT2D eigenvalue weighted by molar-refractivity contribution is -0.115. The summed E-state index contributed by atoms with van der Waals surface area (Å²) in [6.45, 7) is 4.00. The van der Waals surface area contributed by atoms with Crippen LogP contribution in [0.25, 0.3) is 0 Å². The fourth-order valence-electron chi connectivity index (χ4n) is 1.20. The van der Waals surface area contributed by atoms with E-state index < -0.39 is 0 Å². The number of carbonyl (C=O) groups excluding carboxylic acids is 1. The van der Waals surface area contributed by atoms with E-state index in [-0.39, 0.29) is 16.6 Å². The van der Waals surface area contributed by atoms with E-state index >= 15 is 0 Å². The molecule has 0 N–H and O–H groups in total. The normalized spacial score (nSPS) is 27.0. The van der Waals surface area contributed by atoms with Gasteiger partial charge in [-0.05, 0) is 17.0 Å². The van der Waals surface area contributed by atoms with Crippen LogP contribution in [-0.2, 0) is 4.79 Å². The molecule has 1 unspecified atom stereocenters. The van der Waals surface area contributed by atoms with Crippen LogP contribution in [0.4, 0.5) is 0 Å². The molecule has 0 heterocycles. The zero-order valence-electron chi connectivity index (χ0n) is 6.67. The average Bonchev–Trinajstić information content (AvgIpc) is 1.85. The maximum atomic E-state index is 10.9. The lowest BCUT2D eigenvalue weighted by Gasteiger charge is -2.28. The first-order valence-corrected chi connectivity index (χ1v) is 3.97. The van der Waals surface area contributed by atoms with E-state index in [1.807, 2.05) is 38.2 Å². The number of rotatable bonds is 1. The van der Waals surface area contributed by atoms with Crippen LogP contribution < -0.4 is 0 Å². The van der Waals surface area contributed by atoms with Crippen molar-refractivity contribution in [1.29, 1.82) is 0 Å². The van der Waals surface area contributed by atoms with Gasteiger partial charge in [-0.3, -0.25) is 4.79 Å². The zero-order chi connectivity index (χ0) is 8.48. The lowest BCUT2D eigenvalue weighted by Crippen LogP contribution is -2.26. The fraction of sp³-hybridized carbons (Fsp3) is 0.444. The maximum absolute atomic E-state index is 10.9. The molecule has 60 valence electrons. The lowest BCUT2D eigenvalue weighted by atomic mass is 9.77. The van der Waals surface area contributed by atoms with Gasteiger partial charge in [0.1, 0.15) is 0 Å². The van der Waals surface area contributed by atoms with E-state index in [1.165, 1.54) is 0 Å². The van der Waals surface area contributed by atoms with Crippen LogP contribution in [0, 0.1) is 11.3 Å². The Morgan fingerprint density at radius 2 is 2.09 bits per heavy atom. The molecular weight excluding hydrogens is 160 g/mol. The van der Waals surface area contributed by atoms with Crippen LogP contribution in [0.2, 0.25) is 0 Å². The maximum Gasteiger partial charge on any atom is 0.229 e. The predicted molar refractivity (Wildman–Crippen MR) is 46.4 cm³/mol. The Bertz CT molecular complexity index is 226. The first-order valence-electron chi connectivity index (χ1n) is 3.59. The standard InChI is InChI=1S/C9H11ClO/c1-9(2)6-4-3-5-7(9)8(10)11/h3-7H,1-2H3. The van der Waals surface area contributed by atoms with Gasteiger partial charge in [0.25, 0.3) is 0 Å². The number of halogens is 1. The van der Waals surface area contributed by atoms with E-state index in [0.29, 0.717) is 0 Å². The van der Waals surface area contributed by atoms with Gasteiger partial charge >= 0.3 is 0 Å². The van der Waals surface area contributed by atoms with Crippen molar-refractivity contribution >= 4 is 16.8 Å². The summed E-state index contributed by atoms with van der Waals surface area (Å²) in [5, 5.41) is -0.282. The van der Waals surface area contributed by atoms with Crippen LogP contribution in [0.3, 0.4) is 0 Å². The summed E-state index contributed by atoms with van der Waals surface area (Å²) in [7, 11) is 0. The molecule has 0 aromatic carbocycles. The molecule has 0 spiro atoms. The number of carbonyl (C=O) groups is 1. The average molecular weight is 171 g/mol. The molecule has 0 amide bonds. The second-order valence-electron chi connectivity index (χ2n) is 3.35. The highest BCUT2D eigenvalue weighted by atomic mass is 35.5. The van der Waals surface area contributed by atoms with Crippen LogP contribution in [0.15, 0.2) is 24.3 Å². The van der Waals surface area contributed by atoms with E-state index in [1.54, 1.807) is 0 Å². The summed E-state index contributed by atoms with van der Waals surface area (Å²) in [6.07, 6.45) is 7.64. The fourth-order valence-corrected chi connectivity index (χ4v) is 1.55. The third-order valence-electron chi connectivity index (χ3n) is 1.99. The molecule has 0 aromatic rings. The minimum absolute atomic E-state index is 0.131. The van der Waals surface area contributed by atoms with Gasteiger partial charge in [-0.1, -0.05) is 38.2 Å². The van der Waals surface area contributed by atoms with Crippen molar-refractivity contribution in [2.45, 2.75) is 13.8 Å². The van der Waals surface area contributed by atoms with Crippen molar-refractivity contribution in [1.82, 2.24) is 0 Å². The molecule has 1 atom stereocenters. The zero-order valence-corrected chi connectivity index (χ0v) is 7.43. The predicted octanol–water partition coefficient (Wildman–Crippen LogP) is 2.52. The first kappa shape index (κ1) is 8.54. The molecule has 0 saturated heterocycles. The quantitative estimate of drug-likeness (QED) is 0.553. The Morgan fingerprint density at radius 3 is 2.45 bits per heavy atom. The smallest absolute Gasteiger partial charge is 0.229 e. The molecule has 1 rings (SSSR count). The largest absolute Gasteiger partial charge is 0.281 e. The van der Waals surface area contributed by atoms with Gasteiger partial charge in [-0.15, -0.1) is 0 Å². The van der Waals surface area contributed by atoms with Gasteiger partial charge in [0.15, 0.2) is 0 Å². The van der Waals surface area contributed by atoms with Crippen molar-refractivity contribution in [3.05, 3.63) is 24.3 Å². The minimum atomic E-state index is -0.282. The third-order valence-corrected chi connectivity index (χ3v) is 2.22. The molecule has 0 fully saturated rings. The molecule has 1 aliphatic carbocycles. The van der Waals surface area contributed by atoms with E-state index in [2.05, 4.69) is 0 Å². The summed E-state index contributed by atoms with van der Waals surface area (Å²) >= 11 is 5.42. The summed E-state index contributed by atoms with van der Waals surface area (Å²) in [6, 6.07) is 0. The molecule has 0 aromatic heterocycles. The second kappa shape index (κ2) is 2.82. The number of hydrogen-bond donors (Lipinski definition) is 0. The highest BCUT2D eigenvalue weighted by molar-refractivity contribution is 6.64. The minimum Gasteiger partial charge on any atom is -0.281 e. The van der Waals surface area contributed by atoms with Gasteiger partial charge < -0.3 is 0 Å². The number of hydrogen-bond acceptors (Lipinski definition) is 1. The second-order valence-corrected chi connectivity index (χ2v) is 3.72. The molecule has 2 heteroatoms. The van der Waals surface area contributed by atoms with Gasteiger partial charge in [0.05, 0.1) is 5.92 Å². The Morgan fingerprint density at radius 1 is 1.45 bits per heavy atom. The van der Waals surface area contributed by atoms with E-state index in [0.717, 1.165) is 0 Å². The monoisotopic (exact) mass is 170 g/mol. The SMILES string of the molecule is CC1(C)C=CC=CC1C(=O)Cl. The molecule has 1 nitrogen and oxygen atoms in total. The number of allylic oxidation sites excluding steroid dienone is 4. The van der Waals surface area contributed by atoms with E-state index in [9.17, 15) is 4.79 Å². The van der Waals surface area contributed by atoms with Crippen LogP contribution in [0.5, 0.6) is 0 Å². The van der Waals surface area contributed by atoms with Crippen molar-refractivity contribution in [2.75, 3.05) is 0 Å². The molecule has 0 saturated carbocycles. The van der Waals surface area contributed by atoms with Gasteiger partial charge in [0.2, 0.25) is 5.24 Å². The summed E-state index contributed by atoms with van der Waals surface area (Å²) in [5.74, 6) is -0.172. The van der Waals surface area contributed by atoms with Crippen LogP contribution >= 0.6 is 11.6 Å². The molecule has 0 aliphatic heterocycles. The molecular formula is C9H11ClO. The Balaban J connectivity index is 2.89.